The predicted molar refractivity (Wildman–Crippen MR) is 121 cm³/mol. The summed E-state index contributed by atoms with van der Waals surface area (Å²) in [5.74, 6) is 4.86. The maximum absolute atomic E-state index is 12.3. The van der Waals surface area contributed by atoms with Gasteiger partial charge in [0.2, 0.25) is 0 Å². The van der Waals surface area contributed by atoms with Crippen LogP contribution in [0, 0.1) is 57.7 Å². The highest BCUT2D eigenvalue weighted by atomic mass is 16.5. The molecule has 0 N–H and O–H groups in total. The highest BCUT2D eigenvalue weighted by Gasteiger charge is 2.77. The quantitative estimate of drug-likeness (QED) is 0.499. The Kier molecular flexibility index (Phi) is 4.56. The molecule has 0 amide bonds. The van der Waals surface area contributed by atoms with Gasteiger partial charge in [0.1, 0.15) is 6.10 Å². The summed E-state index contributed by atoms with van der Waals surface area (Å²) in [4.78, 5) is 12.3. The third-order valence-electron chi connectivity index (χ3n) is 12.7. The van der Waals surface area contributed by atoms with E-state index in [1.165, 1.54) is 51.4 Å². The maximum atomic E-state index is 12.3. The lowest BCUT2D eigenvalue weighted by Gasteiger charge is -2.61. The zero-order valence-corrected chi connectivity index (χ0v) is 20.5. The number of rotatable bonds is 3. The van der Waals surface area contributed by atoms with Gasteiger partial charge in [-0.05, 0) is 111 Å². The Morgan fingerprint density at radius 3 is 2.55 bits per heavy atom. The van der Waals surface area contributed by atoms with E-state index in [1.54, 1.807) is 0 Å². The van der Waals surface area contributed by atoms with Crippen molar-refractivity contribution in [2.45, 2.75) is 104 Å². The van der Waals surface area contributed by atoms with Crippen LogP contribution in [0.2, 0.25) is 0 Å². The molecule has 6 rings (SSSR count). The molecule has 174 valence electrons. The van der Waals surface area contributed by atoms with Crippen molar-refractivity contribution >= 4 is 5.97 Å². The summed E-state index contributed by atoms with van der Waals surface area (Å²) in [6.07, 6.45) is 13.9. The predicted octanol–water partition coefficient (Wildman–Crippen LogP) is 6.25. The van der Waals surface area contributed by atoms with Crippen molar-refractivity contribution in [2.24, 2.45) is 57.7 Å². The second-order valence-corrected chi connectivity index (χ2v) is 13.3. The van der Waals surface area contributed by atoms with Crippen molar-refractivity contribution in [3.8, 4) is 0 Å². The second-order valence-electron chi connectivity index (χ2n) is 13.3. The molecule has 1 unspecified atom stereocenters. The van der Waals surface area contributed by atoms with E-state index >= 15 is 0 Å². The Hall–Kier alpha value is -0.570. The smallest absolute Gasteiger partial charge is 0.308 e. The fourth-order valence-corrected chi connectivity index (χ4v) is 11.0. The van der Waals surface area contributed by atoms with Crippen LogP contribution in [0.3, 0.4) is 0 Å². The van der Waals surface area contributed by atoms with Gasteiger partial charge in [0.25, 0.3) is 0 Å². The topological polar surface area (TPSA) is 35.5 Å². The normalized spacial score (nSPS) is 58.5. The first-order valence-corrected chi connectivity index (χ1v) is 13.5. The minimum Gasteiger partial charge on any atom is -0.462 e. The molecule has 0 bridgehead atoms. The fourth-order valence-electron chi connectivity index (χ4n) is 11.0. The van der Waals surface area contributed by atoms with E-state index in [-0.39, 0.29) is 18.0 Å². The van der Waals surface area contributed by atoms with Crippen molar-refractivity contribution in [3.63, 3.8) is 0 Å². The standard InChI is InChI=1S/C28H44O3/c1-16-6-9-23(31-25(16)29)17(2)20-7-8-21-19-14-24(30-5)28-15-18(28)10-13-27(28,4)22(19)11-12-26(20,21)3/h16-24H,6-15H2,1-5H3/t16?,17-,18+,19-,20+,21-,22-,23+,24+,26+,27+,28-/m0/s1. The molecule has 0 aromatic heterocycles. The Labute approximate surface area is 189 Å². The molecule has 0 aromatic rings. The molecular formula is C28H44O3. The SMILES string of the molecule is CO[C@@H]1C[C@H]2[C@@H]3CC[C@H]([C@H](C)[C@H]4CCC(C)C(=O)O4)[C@@]3(C)CC[C@@H]2[C@@]2(C)CC[C@@H]3C[C@]312. The molecule has 3 heteroatoms. The third-order valence-corrected chi connectivity index (χ3v) is 12.7. The molecule has 5 aliphatic carbocycles. The highest BCUT2D eigenvalue weighted by molar-refractivity contribution is 5.72. The number of esters is 1. The molecule has 6 aliphatic rings. The number of hydrogen-bond acceptors (Lipinski definition) is 3. The van der Waals surface area contributed by atoms with E-state index in [4.69, 9.17) is 9.47 Å². The Morgan fingerprint density at radius 1 is 1.03 bits per heavy atom. The Bertz CT molecular complexity index is 763. The number of cyclic esters (lactones) is 1. The van der Waals surface area contributed by atoms with E-state index < -0.39 is 0 Å². The zero-order valence-electron chi connectivity index (χ0n) is 20.5. The van der Waals surface area contributed by atoms with Crippen LogP contribution in [-0.4, -0.2) is 25.3 Å². The van der Waals surface area contributed by atoms with Crippen molar-refractivity contribution in [2.75, 3.05) is 7.11 Å². The van der Waals surface area contributed by atoms with Crippen molar-refractivity contribution in [1.82, 2.24) is 0 Å². The molecule has 5 saturated carbocycles. The van der Waals surface area contributed by atoms with Crippen LogP contribution < -0.4 is 0 Å². The summed E-state index contributed by atoms with van der Waals surface area (Å²) in [6, 6.07) is 0. The first-order chi connectivity index (χ1) is 14.8. The number of hydrogen-bond donors (Lipinski definition) is 0. The molecule has 1 spiro atoms. The van der Waals surface area contributed by atoms with E-state index in [0.29, 0.717) is 34.2 Å². The van der Waals surface area contributed by atoms with Crippen LogP contribution in [0.15, 0.2) is 0 Å². The lowest BCUT2D eigenvalue weighted by Crippen LogP contribution is -2.57. The molecule has 31 heavy (non-hydrogen) atoms. The first-order valence-electron chi connectivity index (χ1n) is 13.5. The minimum atomic E-state index is 0.0418. The van der Waals surface area contributed by atoms with Gasteiger partial charge in [0, 0.05) is 12.5 Å². The van der Waals surface area contributed by atoms with E-state index in [2.05, 4.69) is 20.8 Å². The van der Waals surface area contributed by atoms with Crippen LogP contribution in [0.4, 0.5) is 0 Å². The monoisotopic (exact) mass is 428 g/mol. The summed E-state index contributed by atoms with van der Waals surface area (Å²) < 4.78 is 12.3. The van der Waals surface area contributed by atoms with Crippen molar-refractivity contribution < 1.29 is 14.3 Å². The van der Waals surface area contributed by atoms with Crippen LogP contribution in [-0.2, 0) is 14.3 Å². The number of ether oxygens (including phenoxy) is 2. The van der Waals surface area contributed by atoms with Gasteiger partial charge in [-0.15, -0.1) is 0 Å². The average molecular weight is 429 g/mol. The largest absolute Gasteiger partial charge is 0.462 e. The molecule has 1 heterocycles. The van der Waals surface area contributed by atoms with Gasteiger partial charge >= 0.3 is 5.97 Å². The van der Waals surface area contributed by atoms with Crippen molar-refractivity contribution in [1.29, 1.82) is 0 Å². The van der Waals surface area contributed by atoms with Gasteiger partial charge < -0.3 is 9.47 Å². The van der Waals surface area contributed by atoms with Gasteiger partial charge in [-0.3, -0.25) is 4.79 Å². The molecule has 1 saturated heterocycles. The second kappa shape index (κ2) is 6.73. The van der Waals surface area contributed by atoms with Gasteiger partial charge in [0.15, 0.2) is 0 Å². The number of carbonyl (C=O) groups is 1. The molecule has 6 fully saturated rings. The molecule has 0 radical (unpaired) electrons. The van der Waals surface area contributed by atoms with Gasteiger partial charge in [0.05, 0.1) is 12.0 Å². The van der Waals surface area contributed by atoms with Crippen LogP contribution in [0.25, 0.3) is 0 Å². The van der Waals surface area contributed by atoms with Crippen LogP contribution >= 0.6 is 0 Å². The number of methoxy groups -OCH3 is 1. The van der Waals surface area contributed by atoms with Crippen molar-refractivity contribution in [3.05, 3.63) is 0 Å². The minimum absolute atomic E-state index is 0.0418. The molecular weight excluding hydrogens is 384 g/mol. The van der Waals surface area contributed by atoms with Gasteiger partial charge in [-0.2, -0.15) is 0 Å². The average Bonchev–Trinajstić information content (AvgIpc) is 3.26. The van der Waals surface area contributed by atoms with Crippen LogP contribution in [0.5, 0.6) is 0 Å². The molecule has 1 aliphatic heterocycles. The zero-order chi connectivity index (χ0) is 21.8. The molecule has 3 nitrogen and oxygen atoms in total. The highest BCUT2D eigenvalue weighted by Crippen LogP contribution is 2.82. The maximum Gasteiger partial charge on any atom is 0.308 e. The first kappa shape index (κ1) is 21.0. The van der Waals surface area contributed by atoms with E-state index in [0.717, 1.165) is 36.5 Å². The summed E-state index contributed by atoms with van der Waals surface area (Å²) >= 11 is 0. The lowest BCUT2D eigenvalue weighted by molar-refractivity contribution is -0.172. The molecule has 0 aromatic carbocycles. The summed E-state index contributed by atoms with van der Waals surface area (Å²) in [6.45, 7) is 9.72. The van der Waals surface area contributed by atoms with E-state index in [1.807, 2.05) is 14.0 Å². The summed E-state index contributed by atoms with van der Waals surface area (Å²) in [7, 11) is 1.99. The Balaban J connectivity index is 1.26. The van der Waals surface area contributed by atoms with Gasteiger partial charge in [-0.1, -0.05) is 27.7 Å². The molecule has 12 atom stereocenters. The lowest BCUT2D eigenvalue weighted by atomic mass is 9.45. The third kappa shape index (κ3) is 2.54. The summed E-state index contributed by atoms with van der Waals surface area (Å²) in [5, 5.41) is 0. The fraction of sp³-hybridized carbons (Fsp3) is 0.964. The summed E-state index contributed by atoms with van der Waals surface area (Å²) in [5.41, 5.74) is 1.45. The number of carbonyl (C=O) groups excluding carboxylic acids is 1. The number of fused-ring (bicyclic) bond motifs is 4. The van der Waals surface area contributed by atoms with Gasteiger partial charge in [-0.25, -0.2) is 0 Å². The van der Waals surface area contributed by atoms with E-state index in [9.17, 15) is 4.79 Å². The Morgan fingerprint density at radius 2 is 1.84 bits per heavy atom. The van der Waals surface area contributed by atoms with Crippen LogP contribution in [0.1, 0.15) is 91.9 Å².